The molecule has 6 aromatic rings. The van der Waals surface area contributed by atoms with Crippen LogP contribution in [0.3, 0.4) is 0 Å². The fraction of sp³-hybridized carbons (Fsp3) is 0.448. The van der Waals surface area contributed by atoms with Gasteiger partial charge < -0.3 is 36.5 Å². The van der Waals surface area contributed by atoms with E-state index < -0.39 is 0 Å². The zero-order chi connectivity index (χ0) is 52.5. The number of rotatable bonds is 9. The smallest absolute Gasteiger partial charge is 0.813 e. The van der Waals surface area contributed by atoms with Crippen LogP contribution >= 0.6 is 123 Å². The maximum atomic E-state index is 13.2. The zero-order valence-corrected chi connectivity index (χ0v) is 61.1. The summed E-state index contributed by atoms with van der Waals surface area (Å²) in [6, 6.07) is 35.6. The summed E-state index contributed by atoms with van der Waals surface area (Å²) in [6.07, 6.45) is 5.52. The molecular formula is C58H74F2I5O2S4V2-2. The van der Waals surface area contributed by atoms with Gasteiger partial charge in [0.05, 0.1) is 24.4 Å². The van der Waals surface area contributed by atoms with Crippen molar-refractivity contribution in [3.63, 3.8) is 0 Å². The Morgan fingerprint density at radius 3 is 1.36 bits per heavy atom. The second-order valence-electron chi connectivity index (χ2n) is 19.2. The standard InChI is InChI=1S/C28H33FOS.C19H17FS.C11H22O.5HI.2H2S.2V/c1-6-26-19(4)18(3)20(5)28(30-26)22-8-7-17(2)23(15-22)16-25-13-14-27(31-25)21-9-11-24(29)12-10-21;1-13-3-4-14(2)16(11-13)12-18-9-10-19(21-18)15-5-7-17(20)8-6-15;1-6-11-9(4)7(2)8(3)10(5)12-11;;;;;;;;;/h7-15,18-20,26,28H,6,16H2,1-5H3;3-11H,12H2,1-2H3;7-11H,6H2,1-5H3;5*1H;2*1H2;;/q;;;;;;;;;;+2;+3/p-7/t18-,19-,20+,26+,28+;;7-,8-,9+,10?,11-;;;;;;;;;/m0.1........./s1. The van der Waals surface area contributed by atoms with Crippen molar-refractivity contribution in [2.75, 3.05) is 0 Å². The molecule has 0 saturated carbocycles. The Labute approximate surface area is 527 Å². The van der Waals surface area contributed by atoms with Crippen molar-refractivity contribution in [1.29, 1.82) is 0 Å². The van der Waals surface area contributed by atoms with Gasteiger partial charge in [-0.3, -0.25) is 0 Å². The number of hydrogen-bond donors (Lipinski definition) is 0. The van der Waals surface area contributed by atoms with E-state index in [0.29, 0.717) is 51.4 Å². The molecule has 73 heavy (non-hydrogen) atoms. The first-order valence-electron chi connectivity index (χ1n) is 24.6. The van der Waals surface area contributed by atoms with Crippen molar-refractivity contribution in [3.05, 3.63) is 164 Å². The first-order valence-corrected chi connectivity index (χ1v) is 48.7. The molecule has 2 aliphatic rings. The van der Waals surface area contributed by atoms with Crippen molar-refractivity contribution < 1.29 is 32.6 Å². The Kier molecular flexibility index (Phi) is 35.0. The maximum Gasteiger partial charge on any atom is -0.813 e. The van der Waals surface area contributed by atoms with Crippen LogP contribution in [0.25, 0.3) is 20.9 Å². The molecule has 2 nitrogen and oxygen atoms in total. The molecule has 0 spiro atoms. The third-order valence-electron chi connectivity index (χ3n) is 14.7. The van der Waals surface area contributed by atoms with E-state index in [1.54, 1.807) is 22.7 Å². The first-order chi connectivity index (χ1) is 33.7. The summed E-state index contributed by atoms with van der Waals surface area (Å²) in [5, 5.41) is 0. The van der Waals surface area contributed by atoms with E-state index in [2.05, 4.69) is 244 Å². The van der Waals surface area contributed by atoms with Crippen molar-refractivity contribution in [1.82, 2.24) is 0 Å². The van der Waals surface area contributed by atoms with E-state index in [-0.39, 0.29) is 49.7 Å². The molecule has 2 fully saturated rings. The van der Waals surface area contributed by atoms with Gasteiger partial charge in [-0.25, -0.2) is 8.78 Å². The summed E-state index contributed by atoms with van der Waals surface area (Å²) in [6.45, 7) is 27.2. The van der Waals surface area contributed by atoms with Crippen LogP contribution in [-0.2, 0) is 63.7 Å². The Hall–Kier alpha value is 1.58. The van der Waals surface area contributed by atoms with E-state index >= 15 is 0 Å². The van der Waals surface area contributed by atoms with Crippen LogP contribution in [0.1, 0.15) is 124 Å². The zero-order valence-electron chi connectivity index (χ0n) is 44.1. The molecule has 4 heterocycles. The molecule has 403 valence electrons. The average Bonchev–Trinajstić information content (AvgIpc) is 4.02. The van der Waals surface area contributed by atoms with Crippen molar-refractivity contribution >= 4 is 150 Å². The number of benzene rings is 4. The predicted molar refractivity (Wildman–Crippen MR) is 357 cm³/mol. The number of halogens is 7. The van der Waals surface area contributed by atoms with Gasteiger partial charge in [-0.2, -0.15) is 0 Å². The molecule has 0 bridgehead atoms. The summed E-state index contributed by atoms with van der Waals surface area (Å²) in [4.78, 5) is 4.76. The second-order valence-corrected chi connectivity index (χ2v) is 68.7. The minimum Gasteiger partial charge on any atom is -0.813 e. The van der Waals surface area contributed by atoms with Gasteiger partial charge in [0.25, 0.3) is 0 Å². The van der Waals surface area contributed by atoms with E-state index in [1.807, 2.05) is 24.3 Å². The Morgan fingerprint density at radius 2 is 0.918 bits per heavy atom. The topological polar surface area (TPSA) is 18.5 Å². The largest absolute Gasteiger partial charge is 0.813 e. The van der Waals surface area contributed by atoms with Gasteiger partial charge in [0, 0.05) is 32.4 Å². The third-order valence-corrected chi connectivity index (χ3v) is 17.0. The molecule has 2 aromatic heterocycles. The fourth-order valence-electron chi connectivity index (χ4n) is 9.53. The van der Waals surface area contributed by atoms with Gasteiger partial charge >= 0.3 is 114 Å². The third kappa shape index (κ3) is 22.5. The first kappa shape index (κ1) is 70.7. The van der Waals surface area contributed by atoms with Gasteiger partial charge in [-0.05, 0) is 164 Å². The molecule has 1 unspecified atom stereocenters. The molecule has 4 aromatic carbocycles. The van der Waals surface area contributed by atoms with Crippen LogP contribution in [0, 0.1) is 67.9 Å². The van der Waals surface area contributed by atoms with Crippen LogP contribution in [0.4, 0.5) is 8.78 Å². The van der Waals surface area contributed by atoms with Gasteiger partial charge in [-0.15, -0.1) is 22.7 Å². The van der Waals surface area contributed by atoms with E-state index in [0.717, 1.165) is 48.6 Å². The van der Waals surface area contributed by atoms with E-state index in [4.69, 9.17) is 9.47 Å². The molecule has 0 aliphatic carbocycles. The van der Waals surface area contributed by atoms with Gasteiger partial charge in [0.2, 0.25) is 0 Å². The second kappa shape index (κ2) is 36.1. The monoisotopic (exact) mass is 1700 g/mol. The van der Waals surface area contributed by atoms with Crippen molar-refractivity contribution in [2.24, 2.45) is 35.5 Å². The number of aryl methyl sites for hydroxylation is 3. The number of hydrogen-bond acceptors (Lipinski definition) is 6. The van der Waals surface area contributed by atoms with Crippen molar-refractivity contribution in [3.8, 4) is 20.9 Å². The van der Waals surface area contributed by atoms with Gasteiger partial charge in [0.1, 0.15) is 11.6 Å². The Bertz CT molecular complexity index is 2490. The molecular weight excluding hydrogens is 1630 g/mol. The van der Waals surface area contributed by atoms with Crippen LogP contribution in [0.15, 0.2) is 109 Å². The Morgan fingerprint density at radius 1 is 0.521 bits per heavy atom. The van der Waals surface area contributed by atoms with Crippen LogP contribution < -0.4 is 0 Å². The molecule has 8 rings (SSSR count). The minimum absolute atomic E-state index is 0. The van der Waals surface area contributed by atoms with Gasteiger partial charge in [-0.1, -0.05) is 122 Å². The normalized spacial score (nSPS) is 23.0. The van der Waals surface area contributed by atoms with Gasteiger partial charge in [0.15, 0.2) is 0 Å². The molecule has 2 saturated heterocycles. The summed E-state index contributed by atoms with van der Waals surface area (Å²) in [5.74, 6) is 3.59. The maximum absolute atomic E-state index is 13.2. The SMILES string of the molecule is CC[C@H]1OC(C)[C@H](C)[C@@H](C)[C@@H]1C.CC[C@H]1O[C@@H](c2ccc(C)c(Cc3ccc(-c4ccc(F)cc4)s3)c2)[C@H](C)[C@@H](C)[C@@H]1C.Cc1ccc(C)c(Cc2ccc(-c3ccc(F)cc3)s2)c1.[I][V]([I])[I].[I][V][I].[SH-].[SH-]. The quantitative estimate of drug-likeness (QED) is 0.0815. The predicted octanol–water partition coefficient (Wildman–Crippen LogP) is 20.9. The van der Waals surface area contributed by atoms with Crippen molar-refractivity contribution in [2.45, 2.75) is 133 Å². The molecule has 2 aliphatic heterocycles. The summed E-state index contributed by atoms with van der Waals surface area (Å²) < 4.78 is 38.8. The molecule has 15 heteroatoms. The summed E-state index contributed by atoms with van der Waals surface area (Å²) >= 11 is 15.7. The molecule has 10 atom stereocenters. The number of thiol groups is 2. The van der Waals surface area contributed by atoms with Crippen LogP contribution in [-0.4, -0.2) is 18.3 Å². The van der Waals surface area contributed by atoms with Crippen LogP contribution in [0.2, 0.25) is 0 Å². The molecule has 0 radical (unpaired) electrons. The van der Waals surface area contributed by atoms with E-state index in [9.17, 15) is 8.78 Å². The molecule has 0 amide bonds. The number of ether oxygens (including phenoxy) is 2. The van der Waals surface area contributed by atoms with Crippen LogP contribution in [0.5, 0.6) is 0 Å². The van der Waals surface area contributed by atoms with E-state index in [1.165, 1.54) is 77.2 Å². The summed E-state index contributed by atoms with van der Waals surface area (Å²) in [5.41, 5.74) is 10.1. The molecule has 0 N–H and O–H groups in total. The summed E-state index contributed by atoms with van der Waals surface area (Å²) in [7, 11) is 0.628. The minimum atomic E-state index is -0.278. The Balaban J connectivity index is 0.000000375. The fourth-order valence-corrected chi connectivity index (χ4v) is 11.6. The average molecular weight is 1710 g/mol. The number of thiophene rings is 2.